The molecule has 4 nitrogen and oxygen atoms in total. The van der Waals surface area contributed by atoms with Crippen molar-refractivity contribution >= 4 is 22.4 Å². The SMILES string of the molecule is CC1CCCN(c2nc(C(C)(C)C)c(C(=O)O)s2)CC1. The Kier molecular flexibility index (Phi) is 4.37. The third kappa shape index (κ3) is 3.32. The van der Waals surface area contributed by atoms with E-state index in [-0.39, 0.29) is 5.41 Å². The molecular formula is C15H24N2O2S. The zero-order valence-corrected chi connectivity index (χ0v) is 13.6. The van der Waals surface area contributed by atoms with Gasteiger partial charge in [-0.25, -0.2) is 9.78 Å². The van der Waals surface area contributed by atoms with E-state index in [9.17, 15) is 9.90 Å². The van der Waals surface area contributed by atoms with Crippen molar-refractivity contribution < 1.29 is 9.90 Å². The van der Waals surface area contributed by atoms with E-state index in [0.717, 1.165) is 37.0 Å². The average Bonchev–Trinajstić information content (AvgIpc) is 2.68. The van der Waals surface area contributed by atoms with Crippen molar-refractivity contribution in [2.45, 2.75) is 52.4 Å². The minimum absolute atomic E-state index is 0.235. The van der Waals surface area contributed by atoms with Crippen LogP contribution in [-0.2, 0) is 5.41 Å². The van der Waals surface area contributed by atoms with Crippen LogP contribution in [0.4, 0.5) is 5.13 Å². The number of thiazole rings is 1. The Labute approximate surface area is 124 Å². The van der Waals surface area contributed by atoms with Crippen molar-refractivity contribution in [1.82, 2.24) is 4.98 Å². The molecule has 5 heteroatoms. The van der Waals surface area contributed by atoms with Gasteiger partial charge >= 0.3 is 5.97 Å². The number of aromatic carboxylic acids is 1. The summed E-state index contributed by atoms with van der Waals surface area (Å²) in [6.45, 7) is 10.3. The maximum absolute atomic E-state index is 11.4. The highest BCUT2D eigenvalue weighted by Crippen LogP contribution is 2.35. The molecule has 1 aliphatic rings. The predicted octanol–water partition coefficient (Wildman–Crippen LogP) is 3.77. The molecule has 0 radical (unpaired) electrons. The molecule has 112 valence electrons. The van der Waals surface area contributed by atoms with Crippen LogP contribution in [0.25, 0.3) is 0 Å². The standard InChI is InChI=1S/C15H24N2O2S/c1-10-6-5-8-17(9-7-10)14-16-12(15(2,3)4)11(20-14)13(18)19/h10H,5-9H2,1-4H3,(H,18,19). The number of nitrogens with zero attached hydrogens (tertiary/aromatic N) is 2. The number of carboxylic acids is 1. The molecule has 1 saturated heterocycles. The Morgan fingerprint density at radius 1 is 1.35 bits per heavy atom. The third-order valence-electron chi connectivity index (χ3n) is 3.81. The van der Waals surface area contributed by atoms with Crippen molar-refractivity contribution in [2.24, 2.45) is 5.92 Å². The van der Waals surface area contributed by atoms with Gasteiger partial charge in [-0.1, -0.05) is 39.0 Å². The van der Waals surface area contributed by atoms with Crippen molar-refractivity contribution in [3.8, 4) is 0 Å². The van der Waals surface area contributed by atoms with Gasteiger partial charge in [-0.2, -0.15) is 0 Å². The lowest BCUT2D eigenvalue weighted by Crippen LogP contribution is -2.24. The van der Waals surface area contributed by atoms with Crippen LogP contribution in [0.15, 0.2) is 0 Å². The fraction of sp³-hybridized carbons (Fsp3) is 0.733. The first-order valence-electron chi connectivity index (χ1n) is 7.28. The molecule has 0 saturated carbocycles. The molecule has 2 heterocycles. The number of carboxylic acid groups (broad SMARTS) is 1. The highest BCUT2D eigenvalue weighted by Gasteiger charge is 2.29. The maximum atomic E-state index is 11.4. The number of anilines is 1. The summed E-state index contributed by atoms with van der Waals surface area (Å²) in [6, 6.07) is 0. The van der Waals surface area contributed by atoms with Crippen LogP contribution < -0.4 is 4.90 Å². The fourth-order valence-electron chi connectivity index (χ4n) is 2.55. The van der Waals surface area contributed by atoms with Crippen LogP contribution in [-0.4, -0.2) is 29.1 Å². The lowest BCUT2D eigenvalue weighted by Gasteiger charge is -2.20. The largest absolute Gasteiger partial charge is 0.477 e. The molecule has 1 N–H and O–H groups in total. The van der Waals surface area contributed by atoms with E-state index in [0.29, 0.717) is 10.6 Å². The Bertz CT molecular complexity index is 491. The first-order chi connectivity index (χ1) is 9.29. The summed E-state index contributed by atoms with van der Waals surface area (Å²) in [5.41, 5.74) is 0.476. The van der Waals surface area contributed by atoms with Crippen LogP contribution >= 0.6 is 11.3 Å². The van der Waals surface area contributed by atoms with Gasteiger partial charge in [0.25, 0.3) is 0 Å². The number of hydrogen-bond acceptors (Lipinski definition) is 4. The molecule has 0 spiro atoms. The molecule has 0 aromatic carbocycles. The van der Waals surface area contributed by atoms with Crippen molar-refractivity contribution in [3.63, 3.8) is 0 Å². The highest BCUT2D eigenvalue weighted by molar-refractivity contribution is 7.17. The summed E-state index contributed by atoms with van der Waals surface area (Å²) in [5, 5.41) is 10.3. The van der Waals surface area contributed by atoms with Crippen molar-refractivity contribution in [1.29, 1.82) is 0 Å². The Hall–Kier alpha value is -1.10. The Morgan fingerprint density at radius 3 is 2.60 bits per heavy atom. The zero-order chi connectivity index (χ0) is 14.9. The molecule has 1 fully saturated rings. The van der Waals surface area contributed by atoms with E-state index in [2.05, 4.69) is 16.8 Å². The molecule has 0 bridgehead atoms. The predicted molar refractivity (Wildman–Crippen MR) is 83.0 cm³/mol. The van der Waals surface area contributed by atoms with Gasteiger partial charge in [0.15, 0.2) is 5.13 Å². The van der Waals surface area contributed by atoms with Crippen molar-refractivity contribution in [3.05, 3.63) is 10.6 Å². The average molecular weight is 296 g/mol. The molecule has 1 aromatic rings. The summed E-state index contributed by atoms with van der Waals surface area (Å²) in [4.78, 5) is 18.7. The van der Waals surface area contributed by atoms with Crippen molar-refractivity contribution in [2.75, 3.05) is 18.0 Å². The summed E-state index contributed by atoms with van der Waals surface area (Å²) >= 11 is 1.33. The molecule has 0 aliphatic carbocycles. The second kappa shape index (κ2) is 5.72. The molecule has 1 aromatic heterocycles. The molecule has 1 atom stereocenters. The van der Waals surface area contributed by atoms with E-state index < -0.39 is 5.97 Å². The van der Waals surface area contributed by atoms with E-state index in [1.165, 1.54) is 17.8 Å². The van der Waals surface area contributed by atoms with E-state index >= 15 is 0 Å². The topological polar surface area (TPSA) is 53.4 Å². The van der Waals surface area contributed by atoms with Crippen LogP contribution in [0.3, 0.4) is 0 Å². The van der Waals surface area contributed by atoms with Gasteiger partial charge in [0.1, 0.15) is 4.88 Å². The van der Waals surface area contributed by atoms with E-state index in [4.69, 9.17) is 0 Å². The highest BCUT2D eigenvalue weighted by atomic mass is 32.1. The lowest BCUT2D eigenvalue weighted by atomic mass is 9.91. The minimum atomic E-state index is -0.859. The Balaban J connectivity index is 2.31. The smallest absolute Gasteiger partial charge is 0.347 e. The summed E-state index contributed by atoms with van der Waals surface area (Å²) in [5.74, 6) is -0.108. The van der Waals surface area contributed by atoms with Crippen LogP contribution in [0.1, 0.15) is 62.3 Å². The van der Waals surface area contributed by atoms with Crippen LogP contribution in [0.5, 0.6) is 0 Å². The first kappa shape index (κ1) is 15.3. The monoisotopic (exact) mass is 296 g/mol. The quantitative estimate of drug-likeness (QED) is 0.902. The van der Waals surface area contributed by atoms with Gasteiger partial charge in [-0.3, -0.25) is 0 Å². The minimum Gasteiger partial charge on any atom is -0.477 e. The number of hydrogen-bond donors (Lipinski definition) is 1. The molecule has 20 heavy (non-hydrogen) atoms. The molecule has 1 unspecified atom stereocenters. The van der Waals surface area contributed by atoms with Gasteiger partial charge in [0, 0.05) is 18.5 Å². The third-order valence-corrected chi connectivity index (χ3v) is 4.91. The zero-order valence-electron chi connectivity index (χ0n) is 12.8. The number of aromatic nitrogens is 1. The van der Waals surface area contributed by atoms with Crippen LogP contribution in [0.2, 0.25) is 0 Å². The fourth-order valence-corrected chi connectivity index (χ4v) is 3.72. The second-order valence-corrected chi connectivity index (χ2v) is 7.73. The van der Waals surface area contributed by atoms with E-state index in [1.54, 1.807) is 0 Å². The van der Waals surface area contributed by atoms with Gasteiger partial charge < -0.3 is 10.0 Å². The molecule has 2 rings (SSSR count). The van der Waals surface area contributed by atoms with Gasteiger partial charge in [-0.15, -0.1) is 0 Å². The molecule has 1 aliphatic heterocycles. The van der Waals surface area contributed by atoms with Gasteiger partial charge in [0.2, 0.25) is 0 Å². The van der Waals surface area contributed by atoms with Gasteiger partial charge in [-0.05, 0) is 25.2 Å². The van der Waals surface area contributed by atoms with E-state index in [1.807, 2.05) is 20.8 Å². The summed E-state index contributed by atoms with van der Waals surface area (Å²) < 4.78 is 0. The number of rotatable bonds is 2. The lowest BCUT2D eigenvalue weighted by molar-refractivity contribution is 0.0699. The summed E-state index contributed by atoms with van der Waals surface area (Å²) in [7, 11) is 0. The molecule has 0 amide bonds. The molecular weight excluding hydrogens is 272 g/mol. The summed E-state index contributed by atoms with van der Waals surface area (Å²) in [6.07, 6.45) is 3.57. The normalized spacial score (nSPS) is 20.8. The Morgan fingerprint density at radius 2 is 2.05 bits per heavy atom. The van der Waals surface area contributed by atoms with Crippen LogP contribution in [0, 0.1) is 5.92 Å². The second-order valence-electron chi connectivity index (χ2n) is 6.75. The maximum Gasteiger partial charge on any atom is 0.347 e. The first-order valence-corrected chi connectivity index (χ1v) is 8.10. The van der Waals surface area contributed by atoms with Gasteiger partial charge in [0.05, 0.1) is 5.69 Å². The number of carbonyl (C=O) groups is 1.